The summed E-state index contributed by atoms with van der Waals surface area (Å²) in [7, 11) is 0. The van der Waals surface area contributed by atoms with Crippen LogP contribution in [-0.2, 0) is 11.2 Å². The van der Waals surface area contributed by atoms with E-state index in [0.717, 1.165) is 64.6 Å². The van der Waals surface area contributed by atoms with Crippen molar-refractivity contribution in [3.8, 4) is 0 Å². The molecule has 0 radical (unpaired) electrons. The lowest BCUT2D eigenvalue weighted by Gasteiger charge is -2.42. The van der Waals surface area contributed by atoms with E-state index in [1.807, 2.05) is 0 Å². The Morgan fingerprint density at radius 1 is 1.03 bits per heavy atom. The molecule has 2 heterocycles. The van der Waals surface area contributed by atoms with Gasteiger partial charge in [-0.1, -0.05) is 43.2 Å². The molecule has 5 nitrogen and oxygen atoms in total. The summed E-state index contributed by atoms with van der Waals surface area (Å²) in [6.45, 7) is 5.57. The van der Waals surface area contributed by atoms with E-state index in [4.69, 9.17) is 0 Å². The standard InChI is InChI=1S/C25H39N3O2/c29-20-25(13-4-5-14-25)26-24(30)22-9-6-15-28(19-22)23-11-17-27(18-12-23)16-10-21-7-2-1-3-8-21/h1-3,7-8,22-23,29H,4-6,9-20H2,(H,26,30)/t22-/m0/s1. The molecule has 0 bridgehead atoms. The molecule has 5 heteroatoms. The molecule has 1 aromatic carbocycles. The van der Waals surface area contributed by atoms with E-state index in [9.17, 15) is 9.90 Å². The number of benzene rings is 1. The summed E-state index contributed by atoms with van der Waals surface area (Å²) in [6.07, 6.45) is 9.72. The fourth-order valence-corrected chi connectivity index (χ4v) is 5.73. The van der Waals surface area contributed by atoms with Gasteiger partial charge >= 0.3 is 0 Å². The van der Waals surface area contributed by atoms with Crippen molar-refractivity contribution in [2.45, 2.75) is 69.4 Å². The number of carbonyl (C=O) groups excluding carboxylic acids is 1. The zero-order valence-corrected chi connectivity index (χ0v) is 18.4. The maximum Gasteiger partial charge on any atom is 0.224 e. The Morgan fingerprint density at radius 2 is 1.77 bits per heavy atom. The third-order valence-electron chi connectivity index (χ3n) is 7.71. The summed E-state index contributed by atoms with van der Waals surface area (Å²) in [6, 6.07) is 11.4. The highest BCUT2D eigenvalue weighted by Crippen LogP contribution is 2.31. The molecule has 0 aromatic heterocycles. The highest BCUT2D eigenvalue weighted by atomic mass is 16.3. The Balaban J connectivity index is 1.22. The van der Waals surface area contributed by atoms with Crippen LogP contribution in [0.15, 0.2) is 30.3 Å². The third-order valence-corrected chi connectivity index (χ3v) is 7.71. The van der Waals surface area contributed by atoms with Gasteiger partial charge in [-0.05, 0) is 70.1 Å². The maximum absolute atomic E-state index is 13.0. The molecule has 3 fully saturated rings. The van der Waals surface area contributed by atoms with E-state index in [2.05, 4.69) is 45.4 Å². The molecular weight excluding hydrogens is 374 g/mol. The van der Waals surface area contributed by atoms with Crippen molar-refractivity contribution in [1.29, 1.82) is 0 Å². The maximum atomic E-state index is 13.0. The fourth-order valence-electron chi connectivity index (χ4n) is 5.73. The first kappa shape index (κ1) is 21.8. The predicted octanol–water partition coefficient (Wildman–Crippen LogP) is 2.83. The molecule has 4 rings (SSSR count). The highest BCUT2D eigenvalue weighted by molar-refractivity contribution is 5.79. The molecule has 1 atom stereocenters. The minimum atomic E-state index is -0.344. The largest absolute Gasteiger partial charge is 0.394 e. The molecule has 3 aliphatic rings. The van der Waals surface area contributed by atoms with Crippen LogP contribution < -0.4 is 5.32 Å². The van der Waals surface area contributed by atoms with Crippen LogP contribution in [0.5, 0.6) is 0 Å². The van der Waals surface area contributed by atoms with Crippen LogP contribution in [0.25, 0.3) is 0 Å². The van der Waals surface area contributed by atoms with Crippen molar-refractivity contribution in [3.05, 3.63) is 35.9 Å². The normalized spacial score (nSPS) is 26.0. The predicted molar refractivity (Wildman–Crippen MR) is 120 cm³/mol. The van der Waals surface area contributed by atoms with E-state index < -0.39 is 0 Å². The van der Waals surface area contributed by atoms with Crippen molar-refractivity contribution >= 4 is 5.91 Å². The minimum Gasteiger partial charge on any atom is -0.394 e. The monoisotopic (exact) mass is 413 g/mol. The van der Waals surface area contributed by atoms with Crippen LogP contribution >= 0.6 is 0 Å². The fraction of sp³-hybridized carbons (Fsp3) is 0.720. The Kier molecular flexibility index (Phi) is 7.45. The molecule has 0 unspecified atom stereocenters. The van der Waals surface area contributed by atoms with Crippen LogP contribution in [-0.4, -0.2) is 71.7 Å². The van der Waals surface area contributed by atoms with Crippen molar-refractivity contribution < 1.29 is 9.90 Å². The first-order valence-corrected chi connectivity index (χ1v) is 12.1. The van der Waals surface area contributed by atoms with Gasteiger partial charge in [0.1, 0.15) is 0 Å². The van der Waals surface area contributed by atoms with E-state index in [1.165, 1.54) is 31.5 Å². The topological polar surface area (TPSA) is 55.8 Å². The number of nitrogens with one attached hydrogen (secondary N) is 1. The molecule has 2 saturated heterocycles. The second kappa shape index (κ2) is 10.3. The van der Waals surface area contributed by atoms with Crippen molar-refractivity contribution in [2.24, 2.45) is 5.92 Å². The summed E-state index contributed by atoms with van der Waals surface area (Å²) in [5.41, 5.74) is 1.08. The lowest BCUT2D eigenvalue weighted by atomic mass is 9.91. The van der Waals surface area contributed by atoms with Gasteiger partial charge in [-0.25, -0.2) is 0 Å². The van der Waals surface area contributed by atoms with E-state index in [-0.39, 0.29) is 24.0 Å². The van der Waals surface area contributed by atoms with Gasteiger partial charge in [-0.15, -0.1) is 0 Å². The number of aliphatic hydroxyl groups is 1. The smallest absolute Gasteiger partial charge is 0.224 e. The Labute approximate surface area is 181 Å². The first-order chi connectivity index (χ1) is 14.7. The van der Waals surface area contributed by atoms with Crippen molar-refractivity contribution in [1.82, 2.24) is 15.1 Å². The Hall–Kier alpha value is -1.43. The van der Waals surface area contributed by atoms with Crippen LogP contribution in [0.4, 0.5) is 0 Å². The summed E-state index contributed by atoms with van der Waals surface area (Å²) in [5.74, 6) is 0.259. The summed E-state index contributed by atoms with van der Waals surface area (Å²) < 4.78 is 0. The number of hydrogen-bond donors (Lipinski definition) is 2. The quantitative estimate of drug-likeness (QED) is 0.722. The van der Waals surface area contributed by atoms with Crippen LogP contribution in [0.1, 0.15) is 56.9 Å². The minimum absolute atomic E-state index is 0.0800. The van der Waals surface area contributed by atoms with Crippen LogP contribution in [0, 0.1) is 5.92 Å². The molecule has 1 saturated carbocycles. The number of amides is 1. The van der Waals surface area contributed by atoms with Gasteiger partial charge < -0.3 is 15.3 Å². The Morgan fingerprint density at radius 3 is 2.47 bits per heavy atom. The lowest BCUT2D eigenvalue weighted by molar-refractivity contribution is -0.129. The molecule has 1 amide bonds. The molecule has 30 heavy (non-hydrogen) atoms. The van der Waals surface area contributed by atoms with E-state index in [1.54, 1.807) is 0 Å². The second-order valence-electron chi connectivity index (χ2n) is 9.78. The van der Waals surface area contributed by atoms with Gasteiger partial charge in [-0.3, -0.25) is 9.69 Å². The number of carbonyl (C=O) groups is 1. The van der Waals surface area contributed by atoms with Gasteiger partial charge in [0.15, 0.2) is 0 Å². The average Bonchev–Trinajstić information content (AvgIpc) is 3.28. The summed E-state index contributed by atoms with van der Waals surface area (Å²) >= 11 is 0. The molecule has 1 aliphatic carbocycles. The number of hydrogen-bond acceptors (Lipinski definition) is 4. The van der Waals surface area contributed by atoms with Gasteiger partial charge in [0, 0.05) is 19.1 Å². The van der Waals surface area contributed by atoms with Crippen LogP contribution in [0.3, 0.4) is 0 Å². The zero-order chi connectivity index (χ0) is 20.8. The number of likely N-dealkylation sites (tertiary alicyclic amines) is 2. The second-order valence-corrected chi connectivity index (χ2v) is 9.78. The van der Waals surface area contributed by atoms with Gasteiger partial charge in [0.25, 0.3) is 0 Å². The summed E-state index contributed by atoms with van der Waals surface area (Å²) in [4.78, 5) is 18.1. The summed E-state index contributed by atoms with van der Waals surface area (Å²) in [5, 5.41) is 13.1. The SMILES string of the molecule is O=C(NC1(CO)CCCC1)[C@H]1CCCN(C2CCN(CCc3ccccc3)CC2)C1. The molecule has 0 spiro atoms. The zero-order valence-electron chi connectivity index (χ0n) is 18.4. The highest BCUT2D eigenvalue weighted by Gasteiger charge is 2.38. The van der Waals surface area contributed by atoms with Gasteiger partial charge in [0.05, 0.1) is 18.1 Å². The van der Waals surface area contributed by atoms with Crippen molar-refractivity contribution in [2.75, 3.05) is 39.3 Å². The number of nitrogens with zero attached hydrogens (tertiary/aromatic N) is 2. The molecular formula is C25H39N3O2. The molecule has 2 N–H and O–H groups in total. The number of piperidine rings is 2. The average molecular weight is 414 g/mol. The molecule has 166 valence electrons. The van der Waals surface area contributed by atoms with E-state index >= 15 is 0 Å². The Bertz CT molecular complexity index is 666. The molecule has 1 aromatic rings. The number of rotatable bonds is 7. The lowest BCUT2D eigenvalue weighted by Crippen LogP contribution is -2.55. The van der Waals surface area contributed by atoms with E-state index in [0.29, 0.717) is 6.04 Å². The van der Waals surface area contributed by atoms with Crippen molar-refractivity contribution in [3.63, 3.8) is 0 Å². The first-order valence-electron chi connectivity index (χ1n) is 12.1. The van der Waals surface area contributed by atoms with Gasteiger partial charge in [-0.2, -0.15) is 0 Å². The number of aliphatic hydroxyl groups excluding tert-OH is 1. The van der Waals surface area contributed by atoms with Gasteiger partial charge in [0.2, 0.25) is 5.91 Å². The van der Waals surface area contributed by atoms with Crippen LogP contribution in [0.2, 0.25) is 0 Å². The molecule has 2 aliphatic heterocycles. The third kappa shape index (κ3) is 5.43.